The van der Waals surface area contributed by atoms with Crippen LogP contribution < -0.4 is 5.32 Å². The van der Waals surface area contributed by atoms with Crippen molar-refractivity contribution in [3.63, 3.8) is 0 Å². The molecule has 0 aromatic carbocycles. The molecular formula is C13H20N4O3. The molecule has 20 heavy (non-hydrogen) atoms. The van der Waals surface area contributed by atoms with Gasteiger partial charge >= 0.3 is 0 Å². The number of rotatable bonds is 6. The topological polar surface area (TPSA) is 88.4 Å². The quantitative estimate of drug-likeness (QED) is 0.638. The standard InChI is InChI=1S/C13H20N4O3/c1-5-6-16(9(2)3)13(18)10-7-12(14-4)15-8-11(10)17(19)20/h7-9H,5-6H2,1-4H3,(H,14,15). The van der Waals surface area contributed by atoms with Gasteiger partial charge in [-0.3, -0.25) is 14.9 Å². The van der Waals surface area contributed by atoms with Crippen LogP contribution in [0.1, 0.15) is 37.6 Å². The van der Waals surface area contributed by atoms with Gasteiger partial charge in [-0.15, -0.1) is 0 Å². The number of aromatic nitrogens is 1. The van der Waals surface area contributed by atoms with E-state index in [-0.39, 0.29) is 23.2 Å². The van der Waals surface area contributed by atoms with Crippen molar-refractivity contribution < 1.29 is 9.72 Å². The van der Waals surface area contributed by atoms with Crippen LogP contribution in [0.2, 0.25) is 0 Å². The molecule has 1 amide bonds. The lowest BCUT2D eigenvalue weighted by molar-refractivity contribution is -0.385. The maximum absolute atomic E-state index is 12.5. The lowest BCUT2D eigenvalue weighted by Crippen LogP contribution is -2.37. The van der Waals surface area contributed by atoms with Gasteiger partial charge in [0.25, 0.3) is 11.6 Å². The lowest BCUT2D eigenvalue weighted by atomic mass is 10.1. The summed E-state index contributed by atoms with van der Waals surface area (Å²) in [5.74, 6) is 0.0894. The highest BCUT2D eigenvalue weighted by atomic mass is 16.6. The molecule has 0 radical (unpaired) electrons. The van der Waals surface area contributed by atoms with Crippen LogP contribution >= 0.6 is 0 Å². The average Bonchev–Trinajstić information content (AvgIpc) is 2.42. The molecule has 0 aliphatic carbocycles. The van der Waals surface area contributed by atoms with Crippen molar-refractivity contribution in [2.45, 2.75) is 33.2 Å². The predicted molar refractivity (Wildman–Crippen MR) is 76.9 cm³/mol. The van der Waals surface area contributed by atoms with Crippen LogP contribution in [0, 0.1) is 10.1 Å². The van der Waals surface area contributed by atoms with Crippen LogP contribution in [-0.4, -0.2) is 40.3 Å². The maximum Gasteiger partial charge on any atom is 0.300 e. The van der Waals surface area contributed by atoms with Gasteiger partial charge in [0.1, 0.15) is 17.6 Å². The molecule has 0 aliphatic heterocycles. The van der Waals surface area contributed by atoms with E-state index in [1.165, 1.54) is 6.07 Å². The molecule has 1 rings (SSSR count). The Morgan fingerprint density at radius 3 is 2.65 bits per heavy atom. The largest absolute Gasteiger partial charge is 0.373 e. The molecule has 1 heterocycles. The Balaban J connectivity index is 3.27. The van der Waals surface area contributed by atoms with E-state index < -0.39 is 4.92 Å². The van der Waals surface area contributed by atoms with E-state index in [0.717, 1.165) is 12.6 Å². The third-order valence-electron chi connectivity index (χ3n) is 2.91. The summed E-state index contributed by atoms with van der Waals surface area (Å²) in [5, 5.41) is 13.8. The smallest absolute Gasteiger partial charge is 0.300 e. The molecule has 1 N–H and O–H groups in total. The Bertz CT molecular complexity index is 502. The van der Waals surface area contributed by atoms with Crippen LogP contribution in [-0.2, 0) is 0 Å². The molecule has 0 spiro atoms. The maximum atomic E-state index is 12.5. The zero-order chi connectivity index (χ0) is 15.3. The fourth-order valence-corrected chi connectivity index (χ4v) is 1.89. The molecule has 1 aromatic heterocycles. The Hall–Kier alpha value is -2.18. The average molecular weight is 280 g/mol. The second-order valence-corrected chi connectivity index (χ2v) is 4.69. The number of amides is 1. The van der Waals surface area contributed by atoms with E-state index in [4.69, 9.17) is 0 Å². The van der Waals surface area contributed by atoms with Crippen molar-refractivity contribution in [1.82, 2.24) is 9.88 Å². The van der Waals surface area contributed by atoms with Gasteiger partial charge in [0.15, 0.2) is 0 Å². The molecule has 0 saturated heterocycles. The summed E-state index contributed by atoms with van der Waals surface area (Å²) in [5.41, 5.74) is -0.202. The number of anilines is 1. The van der Waals surface area contributed by atoms with E-state index in [1.54, 1.807) is 11.9 Å². The second kappa shape index (κ2) is 6.83. The number of nitrogens with one attached hydrogen (secondary N) is 1. The van der Waals surface area contributed by atoms with Gasteiger partial charge in [0, 0.05) is 25.7 Å². The summed E-state index contributed by atoms with van der Waals surface area (Å²) in [6, 6.07) is 1.40. The number of carbonyl (C=O) groups is 1. The summed E-state index contributed by atoms with van der Waals surface area (Å²) >= 11 is 0. The van der Waals surface area contributed by atoms with Crippen molar-refractivity contribution in [2.24, 2.45) is 0 Å². The number of nitro groups is 1. The van der Waals surface area contributed by atoms with Crippen LogP contribution in [0.15, 0.2) is 12.3 Å². The Morgan fingerprint density at radius 1 is 1.55 bits per heavy atom. The van der Waals surface area contributed by atoms with Gasteiger partial charge in [-0.1, -0.05) is 6.92 Å². The molecule has 0 saturated carbocycles. The van der Waals surface area contributed by atoms with Crippen molar-refractivity contribution >= 4 is 17.4 Å². The summed E-state index contributed by atoms with van der Waals surface area (Å²) < 4.78 is 0. The molecule has 110 valence electrons. The first kappa shape index (κ1) is 15.9. The fraction of sp³-hybridized carbons (Fsp3) is 0.538. The van der Waals surface area contributed by atoms with Crippen molar-refractivity contribution in [3.05, 3.63) is 27.9 Å². The first-order chi connectivity index (χ1) is 9.42. The summed E-state index contributed by atoms with van der Waals surface area (Å²) in [7, 11) is 1.65. The molecule has 0 atom stereocenters. The number of carbonyl (C=O) groups excluding carboxylic acids is 1. The summed E-state index contributed by atoms with van der Waals surface area (Å²) in [6.45, 7) is 6.30. The van der Waals surface area contributed by atoms with Gasteiger partial charge in [-0.25, -0.2) is 4.98 Å². The zero-order valence-electron chi connectivity index (χ0n) is 12.2. The monoisotopic (exact) mass is 280 g/mol. The van der Waals surface area contributed by atoms with Crippen LogP contribution in [0.3, 0.4) is 0 Å². The van der Waals surface area contributed by atoms with E-state index in [9.17, 15) is 14.9 Å². The second-order valence-electron chi connectivity index (χ2n) is 4.69. The third kappa shape index (κ3) is 3.43. The zero-order valence-corrected chi connectivity index (χ0v) is 12.2. The molecule has 7 nitrogen and oxygen atoms in total. The van der Waals surface area contributed by atoms with Crippen LogP contribution in [0.4, 0.5) is 11.5 Å². The molecule has 0 bridgehead atoms. The Labute approximate surface area is 118 Å². The van der Waals surface area contributed by atoms with Crippen molar-refractivity contribution in [2.75, 3.05) is 18.9 Å². The van der Waals surface area contributed by atoms with E-state index in [0.29, 0.717) is 12.4 Å². The van der Waals surface area contributed by atoms with E-state index >= 15 is 0 Å². The third-order valence-corrected chi connectivity index (χ3v) is 2.91. The number of hydrogen-bond acceptors (Lipinski definition) is 5. The number of hydrogen-bond donors (Lipinski definition) is 1. The van der Waals surface area contributed by atoms with Gasteiger partial charge in [0.05, 0.1) is 4.92 Å². The van der Waals surface area contributed by atoms with E-state index in [2.05, 4.69) is 10.3 Å². The molecule has 0 fully saturated rings. The Morgan fingerprint density at radius 2 is 2.20 bits per heavy atom. The van der Waals surface area contributed by atoms with Gasteiger partial charge in [-0.2, -0.15) is 0 Å². The molecule has 7 heteroatoms. The predicted octanol–water partition coefficient (Wildman–Crippen LogP) is 2.29. The molecule has 1 aromatic rings. The van der Waals surface area contributed by atoms with E-state index in [1.807, 2.05) is 20.8 Å². The lowest BCUT2D eigenvalue weighted by Gasteiger charge is -2.26. The fourth-order valence-electron chi connectivity index (χ4n) is 1.89. The summed E-state index contributed by atoms with van der Waals surface area (Å²) in [4.78, 5) is 28.5. The first-order valence-electron chi connectivity index (χ1n) is 6.55. The normalized spacial score (nSPS) is 10.4. The van der Waals surface area contributed by atoms with Crippen LogP contribution in [0.5, 0.6) is 0 Å². The highest BCUT2D eigenvalue weighted by Gasteiger charge is 2.26. The van der Waals surface area contributed by atoms with Gasteiger partial charge < -0.3 is 10.2 Å². The number of nitrogens with zero attached hydrogens (tertiary/aromatic N) is 3. The highest BCUT2D eigenvalue weighted by Crippen LogP contribution is 2.22. The number of pyridine rings is 1. The first-order valence-corrected chi connectivity index (χ1v) is 6.55. The molecule has 0 aliphatic rings. The van der Waals surface area contributed by atoms with Gasteiger partial charge in [-0.05, 0) is 20.3 Å². The van der Waals surface area contributed by atoms with Crippen molar-refractivity contribution in [1.29, 1.82) is 0 Å². The van der Waals surface area contributed by atoms with Crippen molar-refractivity contribution in [3.8, 4) is 0 Å². The minimum absolute atomic E-state index is 0.0201. The molecular weight excluding hydrogens is 260 g/mol. The Kier molecular flexibility index (Phi) is 5.42. The van der Waals surface area contributed by atoms with Gasteiger partial charge in [0.2, 0.25) is 0 Å². The summed E-state index contributed by atoms with van der Waals surface area (Å²) in [6.07, 6.45) is 1.91. The minimum atomic E-state index is -0.579. The highest BCUT2D eigenvalue weighted by molar-refractivity contribution is 5.98. The SMILES string of the molecule is CCCN(C(=O)c1cc(NC)ncc1[N+](=O)[O-])C(C)C. The van der Waals surface area contributed by atoms with Crippen LogP contribution in [0.25, 0.3) is 0 Å². The molecule has 0 unspecified atom stereocenters. The minimum Gasteiger partial charge on any atom is -0.373 e.